The first-order chi connectivity index (χ1) is 20.3. The summed E-state index contributed by atoms with van der Waals surface area (Å²) < 4.78 is 5.65. The minimum atomic E-state index is -1.07. The second-order valence-electron chi connectivity index (χ2n) is 12.0. The van der Waals surface area contributed by atoms with E-state index in [0.717, 1.165) is 0 Å². The smallest absolute Gasteiger partial charge is 0.331 e. The molecule has 0 aromatic heterocycles. The van der Waals surface area contributed by atoms with Gasteiger partial charge < -0.3 is 40.5 Å². The van der Waals surface area contributed by atoms with Crippen molar-refractivity contribution < 1.29 is 45.3 Å². The molecule has 9 nitrogen and oxygen atoms in total. The fourth-order valence-electron chi connectivity index (χ4n) is 4.91. The molecule has 0 radical (unpaired) electrons. The molecule has 0 saturated heterocycles. The molecule has 0 amide bonds. The van der Waals surface area contributed by atoms with E-state index in [2.05, 4.69) is 0 Å². The zero-order valence-corrected chi connectivity index (χ0v) is 26.0. The van der Waals surface area contributed by atoms with Crippen molar-refractivity contribution in [3.8, 4) is 0 Å². The molecule has 0 spiro atoms. The molecule has 0 fully saturated rings. The molecule has 0 aromatic carbocycles. The van der Waals surface area contributed by atoms with Crippen LogP contribution in [0.2, 0.25) is 0 Å². The number of allylic oxidation sites excluding steroid dienone is 8. The van der Waals surface area contributed by atoms with E-state index < -0.39 is 54.8 Å². The summed E-state index contributed by atoms with van der Waals surface area (Å²) >= 11 is 0. The number of carbonyl (C=O) groups is 1. The molecule has 0 saturated carbocycles. The lowest BCUT2D eigenvalue weighted by Crippen LogP contribution is -2.30. The Bertz CT molecular complexity index is 952. The average molecular weight is 607 g/mol. The quantitative estimate of drug-likeness (QED) is 0.175. The Morgan fingerprint density at radius 2 is 1.02 bits per heavy atom. The lowest BCUT2D eigenvalue weighted by molar-refractivity contribution is -0.147. The summed E-state index contributed by atoms with van der Waals surface area (Å²) in [7, 11) is 0. The number of rotatable bonds is 1. The summed E-state index contributed by atoms with van der Waals surface area (Å²) in [4.78, 5) is 12.4. The molecule has 244 valence electrons. The third kappa shape index (κ3) is 18.1. The average Bonchev–Trinajstić information content (AvgIpc) is 2.89. The highest BCUT2D eigenvalue weighted by Gasteiger charge is 2.25. The van der Waals surface area contributed by atoms with Gasteiger partial charge in [0.1, 0.15) is 6.10 Å². The van der Waals surface area contributed by atoms with Crippen molar-refractivity contribution >= 4 is 5.97 Å². The predicted octanol–water partition coefficient (Wildman–Crippen LogP) is 3.04. The number of ether oxygens (including phenoxy) is 1. The number of hydrogen-bond acceptors (Lipinski definition) is 9. The first-order valence-corrected chi connectivity index (χ1v) is 15.3. The maximum Gasteiger partial charge on any atom is 0.331 e. The molecule has 7 N–H and O–H groups in total. The molecule has 1 aliphatic heterocycles. The fraction of sp³-hybridized carbons (Fsp3) is 0.618. The van der Waals surface area contributed by atoms with Gasteiger partial charge in [-0.3, -0.25) is 0 Å². The molecule has 0 aromatic rings. The van der Waals surface area contributed by atoms with Crippen molar-refractivity contribution in [1.29, 1.82) is 0 Å². The molecule has 10 unspecified atom stereocenters. The van der Waals surface area contributed by atoms with Gasteiger partial charge in [-0.15, -0.1) is 0 Å². The molecule has 0 bridgehead atoms. The van der Waals surface area contributed by atoms with Gasteiger partial charge in [0.15, 0.2) is 0 Å². The van der Waals surface area contributed by atoms with Crippen LogP contribution >= 0.6 is 0 Å². The lowest BCUT2D eigenvalue weighted by Gasteiger charge is -2.25. The molecule has 0 aliphatic carbocycles. The van der Waals surface area contributed by atoms with Crippen LogP contribution in [0, 0.1) is 17.8 Å². The van der Waals surface area contributed by atoms with Crippen LogP contribution in [-0.4, -0.2) is 90.5 Å². The number of cyclic esters (lactones) is 1. The van der Waals surface area contributed by atoms with Gasteiger partial charge in [0.2, 0.25) is 0 Å². The highest BCUT2D eigenvalue weighted by Crippen LogP contribution is 2.21. The normalized spacial score (nSPS) is 35.6. The number of aliphatic hydroxyl groups excluding tert-OH is 7. The molecule has 1 aliphatic rings. The van der Waals surface area contributed by atoms with Crippen molar-refractivity contribution in [2.45, 2.75) is 115 Å². The fourth-order valence-corrected chi connectivity index (χ4v) is 4.91. The van der Waals surface area contributed by atoms with E-state index in [-0.39, 0.29) is 56.3 Å². The molecule has 9 heteroatoms. The van der Waals surface area contributed by atoms with Gasteiger partial charge in [0.05, 0.1) is 42.7 Å². The molecule has 1 heterocycles. The van der Waals surface area contributed by atoms with Crippen LogP contribution in [0.15, 0.2) is 72.9 Å². The highest BCUT2D eigenvalue weighted by molar-refractivity contribution is 5.82. The monoisotopic (exact) mass is 606 g/mol. The zero-order chi connectivity index (χ0) is 32.4. The van der Waals surface area contributed by atoms with E-state index in [9.17, 15) is 40.5 Å². The third-order valence-electron chi connectivity index (χ3n) is 7.30. The van der Waals surface area contributed by atoms with E-state index >= 15 is 0 Å². The third-order valence-corrected chi connectivity index (χ3v) is 7.30. The first kappa shape index (κ1) is 38.7. The Balaban J connectivity index is 2.98. The van der Waals surface area contributed by atoms with E-state index in [1.807, 2.05) is 39.8 Å². The van der Waals surface area contributed by atoms with Gasteiger partial charge >= 0.3 is 5.97 Å². The van der Waals surface area contributed by atoms with Crippen LogP contribution in [0.25, 0.3) is 0 Å². The number of carbonyl (C=O) groups excluding carboxylic acids is 1. The summed E-state index contributed by atoms with van der Waals surface area (Å²) in [5, 5.41) is 72.4. The number of esters is 1. The summed E-state index contributed by atoms with van der Waals surface area (Å²) in [6.07, 6.45) is 12.8. The minimum absolute atomic E-state index is 0.0164. The molecular formula is C34H54O9. The molecule has 1 rings (SSSR count). The Labute approximate surface area is 256 Å². The van der Waals surface area contributed by atoms with E-state index in [0.29, 0.717) is 0 Å². The van der Waals surface area contributed by atoms with Crippen molar-refractivity contribution in [3.05, 3.63) is 72.9 Å². The highest BCUT2D eigenvalue weighted by atomic mass is 16.5. The minimum Gasteiger partial charge on any atom is -0.458 e. The summed E-state index contributed by atoms with van der Waals surface area (Å²) in [6, 6.07) is 0. The summed E-state index contributed by atoms with van der Waals surface area (Å²) in [6.45, 7) is 7.56. The topological polar surface area (TPSA) is 168 Å². The molecule has 10 atom stereocenters. The first-order valence-electron chi connectivity index (χ1n) is 15.3. The standard InChI is InChI=1S/C34H54O9/c1-23(2)34-25(4)15-16-26(35)17-27(36)18-28(37)19-29(38)20-30(39)21-31(40)22-32(41)24(3)13-11-9-7-5-6-8-10-12-14-33(42)43-34/h5-16,23-32,34-41H,17-22H2,1-4H3. The van der Waals surface area contributed by atoms with Crippen LogP contribution in [0.4, 0.5) is 0 Å². The maximum absolute atomic E-state index is 12.4. The van der Waals surface area contributed by atoms with Crippen LogP contribution in [-0.2, 0) is 9.53 Å². The summed E-state index contributed by atoms with van der Waals surface area (Å²) in [5.41, 5.74) is 0. The molecular weight excluding hydrogens is 552 g/mol. The lowest BCUT2D eigenvalue weighted by atomic mass is 9.93. The van der Waals surface area contributed by atoms with E-state index in [1.54, 1.807) is 48.6 Å². The van der Waals surface area contributed by atoms with Crippen LogP contribution < -0.4 is 0 Å². The van der Waals surface area contributed by atoms with Crippen LogP contribution in [0.5, 0.6) is 0 Å². The van der Waals surface area contributed by atoms with E-state index in [4.69, 9.17) is 4.74 Å². The van der Waals surface area contributed by atoms with Crippen molar-refractivity contribution in [3.63, 3.8) is 0 Å². The Morgan fingerprint density at radius 3 is 1.53 bits per heavy atom. The zero-order valence-electron chi connectivity index (χ0n) is 26.0. The van der Waals surface area contributed by atoms with Crippen molar-refractivity contribution in [1.82, 2.24) is 0 Å². The van der Waals surface area contributed by atoms with E-state index in [1.165, 1.54) is 12.2 Å². The van der Waals surface area contributed by atoms with Gasteiger partial charge in [0.25, 0.3) is 0 Å². The van der Waals surface area contributed by atoms with Crippen LogP contribution in [0.1, 0.15) is 66.2 Å². The van der Waals surface area contributed by atoms with Gasteiger partial charge in [0, 0.05) is 24.3 Å². The maximum atomic E-state index is 12.4. The largest absolute Gasteiger partial charge is 0.458 e. The molecule has 43 heavy (non-hydrogen) atoms. The SMILES string of the molecule is CC(C)C1OC(=O)C=CC=CC=CC=CC=CC(C)C(O)CC(O)CC(O)CC(O)CC(O)CC(O)CC(O)C=CC1C. The Kier molecular flexibility index (Phi) is 19.2. The Hall–Kier alpha value is -2.37. The van der Waals surface area contributed by atoms with Gasteiger partial charge in [-0.25, -0.2) is 4.79 Å². The van der Waals surface area contributed by atoms with Gasteiger partial charge in [-0.2, -0.15) is 0 Å². The second-order valence-corrected chi connectivity index (χ2v) is 12.0. The predicted molar refractivity (Wildman–Crippen MR) is 168 cm³/mol. The van der Waals surface area contributed by atoms with Gasteiger partial charge in [-0.05, 0) is 38.0 Å². The number of aliphatic hydroxyl groups is 7. The van der Waals surface area contributed by atoms with Crippen LogP contribution in [0.3, 0.4) is 0 Å². The van der Waals surface area contributed by atoms with Crippen molar-refractivity contribution in [2.24, 2.45) is 17.8 Å². The van der Waals surface area contributed by atoms with Gasteiger partial charge in [-0.1, -0.05) is 94.5 Å². The summed E-state index contributed by atoms with van der Waals surface area (Å²) in [5.74, 6) is -0.922. The number of hydrogen-bond donors (Lipinski definition) is 7. The Morgan fingerprint density at radius 1 is 0.581 bits per heavy atom. The second kappa shape index (κ2) is 21.4. The van der Waals surface area contributed by atoms with Crippen molar-refractivity contribution in [2.75, 3.05) is 0 Å².